The summed E-state index contributed by atoms with van der Waals surface area (Å²) >= 11 is 0. The van der Waals surface area contributed by atoms with Gasteiger partial charge in [0.2, 0.25) is 0 Å². The van der Waals surface area contributed by atoms with Crippen molar-refractivity contribution in [3.8, 4) is 0 Å². The molecule has 2 aliphatic heterocycles. The number of likely N-dealkylation sites (tertiary alicyclic amines) is 1. The van der Waals surface area contributed by atoms with E-state index in [-0.39, 0.29) is 18.2 Å². The Morgan fingerprint density at radius 3 is 2.42 bits per heavy atom. The Kier molecular flexibility index (Phi) is 3.99. The number of hydrogen-bond acceptors (Lipinski definition) is 3. The molecule has 0 saturated carbocycles. The molecule has 2 rings (SSSR count). The molecule has 19 heavy (non-hydrogen) atoms. The maximum absolute atomic E-state index is 12.2. The number of urea groups is 1. The minimum atomic E-state index is -1.19. The second-order valence-electron chi connectivity index (χ2n) is 5.68. The normalized spacial score (nSPS) is 28.8. The van der Waals surface area contributed by atoms with Crippen LogP contribution in [0.5, 0.6) is 0 Å². The van der Waals surface area contributed by atoms with Gasteiger partial charge in [-0.3, -0.25) is 0 Å². The number of ether oxygens (including phenoxy) is 1. The van der Waals surface area contributed by atoms with E-state index in [1.807, 2.05) is 6.92 Å². The van der Waals surface area contributed by atoms with E-state index in [1.54, 1.807) is 11.8 Å². The first-order valence-electron chi connectivity index (χ1n) is 6.90. The quantitative estimate of drug-likeness (QED) is 0.804. The zero-order chi connectivity index (χ0) is 14.0. The number of carbonyl (C=O) groups excluding carboxylic acids is 1. The van der Waals surface area contributed by atoms with Gasteiger partial charge in [-0.25, -0.2) is 9.59 Å². The van der Waals surface area contributed by atoms with E-state index in [9.17, 15) is 14.7 Å². The van der Waals surface area contributed by atoms with Crippen molar-refractivity contribution < 1.29 is 19.4 Å². The first-order valence-corrected chi connectivity index (χ1v) is 6.90. The third kappa shape index (κ3) is 3.00. The lowest BCUT2D eigenvalue weighted by atomic mass is 9.96. The van der Waals surface area contributed by atoms with Gasteiger partial charge in [-0.1, -0.05) is 13.3 Å². The lowest BCUT2D eigenvalue weighted by Gasteiger charge is -2.35. The van der Waals surface area contributed by atoms with Crippen molar-refractivity contribution in [3.63, 3.8) is 0 Å². The summed E-state index contributed by atoms with van der Waals surface area (Å²) in [5.41, 5.74) is -1.19. The van der Waals surface area contributed by atoms with E-state index >= 15 is 0 Å². The van der Waals surface area contributed by atoms with Crippen molar-refractivity contribution in [3.05, 3.63) is 0 Å². The van der Waals surface area contributed by atoms with Crippen LogP contribution in [0.25, 0.3) is 0 Å². The highest BCUT2D eigenvalue weighted by Crippen LogP contribution is 2.26. The molecule has 0 spiro atoms. The lowest BCUT2D eigenvalue weighted by molar-refractivity contribution is -0.144. The zero-order valence-corrected chi connectivity index (χ0v) is 11.5. The number of carboxylic acid groups (broad SMARTS) is 1. The number of carboxylic acids is 1. The summed E-state index contributed by atoms with van der Waals surface area (Å²) < 4.78 is 5.66. The molecule has 2 heterocycles. The number of hydrogen-bond donors (Lipinski definition) is 2. The summed E-state index contributed by atoms with van der Waals surface area (Å²) in [4.78, 5) is 25.2. The molecule has 2 amide bonds. The van der Waals surface area contributed by atoms with Gasteiger partial charge in [0.1, 0.15) is 5.54 Å². The van der Waals surface area contributed by atoms with E-state index in [4.69, 9.17) is 4.74 Å². The molecule has 0 radical (unpaired) electrons. The lowest BCUT2D eigenvalue weighted by Crippen LogP contribution is -2.58. The third-order valence-electron chi connectivity index (χ3n) is 3.94. The van der Waals surface area contributed by atoms with Crippen LogP contribution in [0.4, 0.5) is 4.79 Å². The molecule has 108 valence electrons. The molecule has 0 aromatic rings. The van der Waals surface area contributed by atoms with Crippen molar-refractivity contribution >= 4 is 12.0 Å². The Morgan fingerprint density at radius 2 is 1.95 bits per heavy atom. The fourth-order valence-electron chi connectivity index (χ4n) is 2.82. The van der Waals surface area contributed by atoms with E-state index in [2.05, 4.69) is 5.32 Å². The second kappa shape index (κ2) is 5.36. The van der Waals surface area contributed by atoms with Gasteiger partial charge in [-0.15, -0.1) is 0 Å². The number of carbonyl (C=O) groups is 2. The van der Waals surface area contributed by atoms with Gasteiger partial charge in [0, 0.05) is 13.1 Å². The number of aliphatic carboxylic acids is 1. The molecular formula is C13H22N2O4. The van der Waals surface area contributed by atoms with Crippen LogP contribution in [0.2, 0.25) is 0 Å². The van der Waals surface area contributed by atoms with Gasteiger partial charge < -0.3 is 20.1 Å². The van der Waals surface area contributed by atoms with Gasteiger partial charge in [0.25, 0.3) is 0 Å². The predicted molar refractivity (Wildman–Crippen MR) is 68.9 cm³/mol. The number of amides is 2. The fourth-order valence-corrected chi connectivity index (χ4v) is 2.82. The molecule has 2 bridgehead atoms. The van der Waals surface area contributed by atoms with Crippen LogP contribution in [0.3, 0.4) is 0 Å². The topological polar surface area (TPSA) is 78.9 Å². The summed E-state index contributed by atoms with van der Waals surface area (Å²) in [6.45, 7) is 4.59. The van der Waals surface area contributed by atoms with Crippen LogP contribution >= 0.6 is 0 Å². The summed E-state index contributed by atoms with van der Waals surface area (Å²) in [6, 6.07) is -0.293. The number of rotatable bonds is 4. The summed E-state index contributed by atoms with van der Waals surface area (Å²) in [5, 5.41) is 11.9. The maximum atomic E-state index is 12.2. The van der Waals surface area contributed by atoms with Gasteiger partial charge in [0.05, 0.1) is 12.2 Å². The molecule has 0 aromatic heterocycles. The van der Waals surface area contributed by atoms with Gasteiger partial charge in [-0.2, -0.15) is 0 Å². The second-order valence-corrected chi connectivity index (χ2v) is 5.68. The average molecular weight is 270 g/mol. The highest BCUT2D eigenvalue weighted by molar-refractivity contribution is 5.86. The van der Waals surface area contributed by atoms with Crippen molar-refractivity contribution in [1.82, 2.24) is 10.2 Å². The minimum Gasteiger partial charge on any atom is -0.480 e. The Bertz CT molecular complexity index is 362. The minimum absolute atomic E-state index is 0.117. The van der Waals surface area contributed by atoms with Crippen molar-refractivity contribution in [2.45, 2.75) is 57.3 Å². The Balaban J connectivity index is 1.97. The van der Waals surface area contributed by atoms with Crippen LogP contribution in [0.1, 0.15) is 39.5 Å². The molecule has 3 unspecified atom stereocenters. The molecule has 6 nitrogen and oxygen atoms in total. The largest absolute Gasteiger partial charge is 0.480 e. The van der Waals surface area contributed by atoms with Crippen molar-refractivity contribution in [1.29, 1.82) is 0 Å². The molecule has 0 aliphatic carbocycles. The van der Waals surface area contributed by atoms with Crippen LogP contribution in [0, 0.1) is 0 Å². The fraction of sp³-hybridized carbons (Fsp3) is 0.846. The average Bonchev–Trinajstić information content (AvgIpc) is 2.68. The number of fused-ring (bicyclic) bond motifs is 2. The van der Waals surface area contributed by atoms with Crippen LogP contribution in [-0.4, -0.2) is 52.8 Å². The van der Waals surface area contributed by atoms with Gasteiger partial charge in [-0.05, 0) is 26.2 Å². The molecule has 2 saturated heterocycles. The zero-order valence-electron chi connectivity index (χ0n) is 11.5. The van der Waals surface area contributed by atoms with Crippen LogP contribution < -0.4 is 5.32 Å². The molecule has 0 aromatic carbocycles. The molecule has 3 atom stereocenters. The Morgan fingerprint density at radius 1 is 1.37 bits per heavy atom. The summed E-state index contributed by atoms with van der Waals surface area (Å²) in [5.74, 6) is -0.987. The first-order chi connectivity index (χ1) is 8.94. The SMILES string of the molecule is CCCC(C)(NC(=O)N1CC2CCC(C1)O2)C(=O)O. The molecule has 2 fully saturated rings. The molecule has 6 heteroatoms. The Labute approximate surface area is 113 Å². The van der Waals surface area contributed by atoms with Crippen molar-refractivity contribution in [2.75, 3.05) is 13.1 Å². The molecule has 2 aliphatic rings. The van der Waals surface area contributed by atoms with E-state index in [1.165, 1.54) is 0 Å². The Hall–Kier alpha value is -1.30. The van der Waals surface area contributed by atoms with Crippen LogP contribution in [-0.2, 0) is 9.53 Å². The highest BCUT2D eigenvalue weighted by atomic mass is 16.5. The maximum Gasteiger partial charge on any atom is 0.329 e. The standard InChI is InChI=1S/C13H22N2O4/c1-3-6-13(2,11(16)17)14-12(18)15-7-9-4-5-10(8-15)19-9/h9-10H,3-8H2,1-2H3,(H,14,18)(H,16,17). The van der Waals surface area contributed by atoms with Crippen LogP contribution in [0.15, 0.2) is 0 Å². The first kappa shape index (κ1) is 14.1. The number of morpholine rings is 1. The third-order valence-corrected chi connectivity index (χ3v) is 3.94. The number of nitrogens with one attached hydrogen (secondary N) is 1. The number of nitrogens with zero attached hydrogens (tertiary/aromatic N) is 1. The highest BCUT2D eigenvalue weighted by Gasteiger charge is 2.39. The molecular weight excluding hydrogens is 248 g/mol. The van der Waals surface area contributed by atoms with Gasteiger partial charge in [0.15, 0.2) is 0 Å². The smallest absolute Gasteiger partial charge is 0.329 e. The van der Waals surface area contributed by atoms with E-state index < -0.39 is 11.5 Å². The van der Waals surface area contributed by atoms with Crippen molar-refractivity contribution in [2.24, 2.45) is 0 Å². The van der Waals surface area contributed by atoms with Gasteiger partial charge >= 0.3 is 12.0 Å². The van der Waals surface area contributed by atoms with E-state index in [0.29, 0.717) is 25.9 Å². The monoisotopic (exact) mass is 270 g/mol. The molecule has 2 N–H and O–H groups in total. The summed E-state index contributed by atoms with van der Waals surface area (Å²) in [6.07, 6.45) is 3.33. The predicted octanol–water partition coefficient (Wildman–Crippen LogP) is 1.20. The van der Waals surface area contributed by atoms with E-state index in [0.717, 1.165) is 12.8 Å². The summed E-state index contributed by atoms with van der Waals surface area (Å²) in [7, 11) is 0.